The highest BCUT2D eigenvalue weighted by Gasteiger charge is 2.24. The summed E-state index contributed by atoms with van der Waals surface area (Å²) in [5.74, 6) is 1.72. The maximum atomic E-state index is 5.45. The van der Waals surface area contributed by atoms with Crippen LogP contribution in [0.3, 0.4) is 0 Å². The first kappa shape index (κ1) is 14.9. The van der Waals surface area contributed by atoms with Crippen molar-refractivity contribution in [2.75, 3.05) is 33.5 Å². The Hall–Kier alpha value is -0.120. The van der Waals surface area contributed by atoms with Gasteiger partial charge in [0.1, 0.15) is 0 Å². The molecule has 3 unspecified atom stereocenters. The van der Waals surface area contributed by atoms with E-state index in [1.165, 1.54) is 19.3 Å². The Bertz CT molecular complexity index is 187. The highest BCUT2D eigenvalue weighted by molar-refractivity contribution is 4.81. The average molecular weight is 243 g/mol. The molecule has 1 fully saturated rings. The van der Waals surface area contributed by atoms with Crippen LogP contribution in [0.2, 0.25) is 0 Å². The predicted octanol–water partition coefficient (Wildman–Crippen LogP) is 2.45. The molecule has 17 heavy (non-hydrogen) atoms. The molecule has 3 atom stereocenters. The Labute approximate surface area is 106 Å². The first-order chi connectivity index (χ1) is 8.24. The molecule has 0 spiro atoms. The first-order valence-electron chi connectivity index (χ1n) is 7.04. The van der Waals surface area contributed by atoms with E-state index in [-0.39, 0.29) is 0 Å². The van der Waals surface area contributed by atoms with Crippen LogP contribution in [0.1, 0.15) is 39.5 Å². The highest BCUT2D eigenvalue weighted by Crippen LogP contribution is 2.28. The summed E-state index contributed by atoms with van der Waals surface area (Å²) in [6.45, 7) is 8.08. The van der Waals surface area contributed by atoms with E-state index >= 15 is 0 Å². The van der Waals surface area contributed by atoms with Gasteiger partial charge >= 0.3 is 0 Å². The second-order valence-corrected chi connectivity index (χ2v) is 5.41. The third-order valence-corrected chi connectivity index (χ3v) is 3.76. The second-order valence-electron chi connectivity index (χ2n) is 5.41. The molecule has 1 rings (SSSR count). The Morgan fingerprint density at radius 3 is 2.71 bits per heavy atom. The molecule has 0 aromatic carbocycles. The van der Waals surface area contributed by atoms with Crippen LogP contribution in [-0.4, -0.2) is 39.5 Å². The van der Waals surface area contributed by atoms with E-state index in [0.29, 0.717) is 13.2 Å². The number of methoxy groups -OCH3 is 1. The maximum absolute atomic E-state index is 5.45. The normalized spacial score (nSPS) is 29.5. The van der Waals surface area contributed by atoms with Crippen molar-refractivity contribution in [1.29, 1.82) is 0 Å². The van der Waals surface area contributed by atoms with Gasteiger partial charge in [-0.25, -0.2) is 0 Å². The van der Waals surface area contributed by atoms with Gasteiger partial charge in [0.15, 0.2) is 0 Å². The van der Waals surface area contributed by atoms with Crippen molar-refractivity contribution in [2.24, 2.45) is 11.8 Å². The van der Waals surface area contributed by atoms with Gasteiger partial charge in [-0.2, -0.15) is 0 Å². The molecule has 0 radical (unpaired) electrons. The van der Waals surface area contributed by atoms with Crippen LogP contribution in [0.25, 0.3) is 0 Å². The van der Waals surface area contributed by atoms with E-state index in [0.717, 1.165) is 37.5 Å². The van der Waals surface area contributed by atoms with E-state index in [1.807, 2.05) is 0 Å². The number of nitrogens with one attached hydrogen (secondary N) is 1. The lowest BCUT2D eigenvalue weighted by Gasteiger charge is -2.33. The van der Waals surface area contributed by atoms with Crippen LogP contribution < -0.4 is 5.32 Å². The summed E-state index contributed by atoms with van der Waals surface area (Å²) in [5.41, 5.74) is 0. The fourth-order valence-corrected chi connectivity index (χ4v) is 2.52. The first-order valence-corrected chi connectivity index (χ1v) is 7.04. The molecule has 0 aromatic rings. The van der Waals surface area contributed by atoms with Gasteiger partial charge in [-0.15, -0.1) is 0 Å². The Balaban J connectivity index is 1.97. The SMILES string of the molecule is COCCOCCCNC1CC(C)CCC1C. The van der Waals surface area contributed by atoms with Crippen molar-refractivity contribution in [1.82, 2.24) is 5.32 Å². The van der Waals surface area contributed by atoms with E-state index in [9.17, 15) is 0 Å². The van der Waals surface area contributed by atoms with Gasteiger partial charge < -0.3 is 14.8 Å². The summed E-state index contributed by atoms with van der Waals surface area (Å²) in [4.78, 5) is 0. The molecule has 0 heterocycles. The molecule has 1 aliphatic rings. The molecule has 0 amide bonds. The summed E-state index contributed by atoms with van der Waals surface area (Å²) in [6.07, 6.45) is 5.22. The van der Waals surface area contributed by atoms with Gasteiger partial charge in [0.25, 0.3) is 0 Å². The lowest BCUT2D eigenvalue weighted by molar-refractivity contribution is 0.0686. The summed E-state index contributed by atoms with van der Waals surface area (Å²) in [6, 6.07) is 0.720. The summed E-state index contributed by atoms with van der Waals surface area (Å²) >= 11 is 0. The van der Waals surface area contributed by atoms with E-state index in [1.54, 1.807) is 7.11 Å². The summed E-state index contributed by atoms with van der Waals surface area (Å²) in [5, 5.41) is 3.68. The van der Waals surface area contributed by atoms with Crippen LogP contribution in [0, 0.1) is 11.8 Å². The molecule has 102 valence electrons. The maximum Gasteiger partial charge on any atom is 0.0700 e. The molecule has 0 aromatic heterocycles. The minimum Gasteiger partial charge on any atom is -0.382 e. The molecule has 1 aliphatic carbocycles. The molecule has 1 saturated carbocycles. The Morgan fingerprint density at radius 2 is 1.94 bits per heavy atom. The Kier molecular flexibility index (Phi) is 7.82. The fraction of sp³-hybridized carbons (Fsp3) is 1.00. The minimum atomic E-state index is 0.699. The molecule has 0 aliphatic heterocycles. The topological polar surface area (TPSA) is 30.5 Å². The van der Waals surface area contributed by atoms with E-state index in [2.05, 4.69) is 19.2 Å². The standard InChI is InChI=1S/C14H29NO2/c1-12-5-6-13(2)14(11-12)15-7-4-8-17-10-9-16-3/h12-15H,4-11H2,1-3H3. The third-order valence-electron chi connectivity index (χ3n) is 3.76. The van der Waals surface area contributed by atoms with E-state index < -0.39 is 0 Å². The quantitative estimate of drug-likeness (QED) is 0.664. The molecule has 0 saturated heterocycles. The van der Waals surface area contributed by atoms with Crippen LogP contribution in [-0.2, 0) is 9.47 Å². The van der Waals surface area contributed by atoms with Gasteiger partial charge in [0, 0.05) is 19.8 Å². The minimum absolute atomic E-state index is 0.699. The van der Waals surface area contributed by atoms with Crippen LogP contribution >= 0.6 is 0 Å². The van der Waals surface area contributed by atoms with Crippen LogP contribution in [0.4, 0.5) is 0 Å². The second kappa shape index (κ2) is 8.90. The van der Waals surface area contributed by atoms with Gasteiger partial charge in [-0.3, -0.25) is 0 Å². The number of hydrogen-bond donors (Lipinski definition) is 1. The molecule has 3 heteroatoms. The number of hydrogen-bond acceptors (Lipinski definition) is 3. The predicted molar refractivity (Wildman–Crippen MR) is 71.3 cm³/mol. The van der Waals surface area contributed by atoms with Gasteiger partial charge in [0.2, 0.25) is 0 Å². The van der Waals surface area contributed by atoms with Gasteiger partial charge in [-0.1, -0.05) is 20.3 Å². The lowest BCUT2D eigenvalue weighted by Crippen LogP contribution is -2.40. The van der Waals surface area contributed by atoms with Crippen molar-refractivity contribution >= 4 is 0 Å². The molecule has 3 nitrogen and oxygen atoms in total. The summed E-state index contributed by atoms with van der Waals surface area (Å²) < 4.78 is 10.4. The van der Waals surface area contributed by atoms with Crippen molar-refractivity contribution in [3.8, 4) is 0 Å². The summed E-state index contributed by atoms with van der Waals surface area (Å²) in [7, 11) is 1.70. The van der Waals surface area contributed by atoms with Crippen LogP contribution in [0.5, 0.6) is 0 Å². The molecule has 1 N–H and O–H groups in total. The zero-order valence-corrected chi connectivity index (χ0v) is 11.7. The van der Waals surface area contributed by atoms with Crippen LogP contribution in [0.15, 0.2) is 0 Å². The van der Waals surface area contributed by atoms with Crippen molar-refractivity contribution in [3.05, 3.63) is 0 Å². The van der Waals surface area contributed by atoms with Gasteiger partial charge in [0.05, 0.1) is 13.2 Å². The number of ether oxygens (including phenoxy) is 2. The van der Waals surface area contributed by atoms with Crippen molar-refractivity contribution in [2.45, 2.75) is 45.6 Å². The Morgan fingerprint density at radius 1 is 1.12 bits per heavy atom. The average Bonchev–Trinajstić information content (AvgIpc) is 2.32. The van der Waals surface area contributed by atoms with E-state index in [4.69, 9.17) is 9.47 Å². The smallest absolute Gasteiger partial charge is 0.0700 e. The largest absolute Gasteiger partial charge is 0.382 e. The van der Waals surface area contributed by atoms with Gasteiger partial charge in [-0.05, 0) is 37.6 Å². The zero-order valence-electron chi connectivity index (χ0n) is 11.7. The number of rotatable bonds is 8. The monoisotopic (exact) mass is 243 g/mol. The van der Waals surface area contributed by atoms with Crippen molar-refractivity contribution < 1.29 is 9.47 Å². The fourth-order valence-electron chi connectivity index (χ4n) is 2.52. The lowest BCUT2D eigenvalue weighted by atomic mass is 9.80. The zero-order chi connectivity index (χ0) is 12.5. The molecular formula is C14H29NO2. The molecule has 0 bridgehead atoms. The van der Waals surface area contributed by atoms with Crippen molar-refractivity contribution in [3.63, 3.8) is 0 Å². The highest BCUT2D eigenvalue weighted by atomic mass is 16.5. The third kappa shape index (κ3) is 6.39. The molecular weight excluding hydrogens is 214 g/mol.